The Kier molecular flexibility index (Phi) is 8.76. The number of piperazine rings is 1. The van der Waals surface area contributed by atoms with Gasteiger partial charge in [0.05, 0.1) is 5.69 Å². The van der Waals surface area contributed by atoms with Crippen LogP contribution in [0.3, 0.4) is 0 Å². The number of carbonyl (C=O) groups excluding carboxylic acids is 2. The van der Waals surface area contributed by atoms with E-state index in [4.69, 9.17) is 4.74 Å². The molecule has 0 saturated carbocycles. The van der Waals surface area contributed by atoms with Crippen molar-refractivity contribution in [1.82, 2.24) is 4.90 Å². The van der Waals surface area contributed by atoms with Gasteiger partial charge >= 0.3 is 5.97 Å². The summed E-state index contributed by atoms with van der Waals surface area (Å²) >= 11 is 1.58. The predicted molar refractivity (Wildman–Crippen MR) is 161 cm³/mol. The van der Waals surface area contributed by atoms with Gasteiger partial charge in [-0.1, -0.05) is 45.7 Å². The van der Waals surface area contributed by atoms with Crippen molar-refractivity contribution in [1.29, 1.82) is 0 Å². The molecule has 0 bridgehead atoms. The number of carbonyl (C=O) groups is 2. The molecular formula is C32H40FN3O3S. The Bertz CT molecular complexity index is 1360. The van der Waals surface area contributed by atoms with Crippen LogP contribution >= 0.6 is 11.3 Å². The molecule has 3 heterocycles. The van der Waals surface area contributed by atoms with Crippen molar-refractivity contribution in [2.75, 3.05) is 49.3 Å². The molecule has 3 aromatic rings. The highest BCUT2D eigenvalue weighted by atomic mass is 32.1. The van der Waals surface area contributed by atoms with E-state index in [2.05, 4.69) is 54.8 Å². The minimum atomic E-state index is -0.270. The summed E-state index contributed by atoms with van der Waals surface area (Å²) in [6, 6.07) is 11.8. The van der Waals surface area contributed by atoms with Crippen molar-refractivity contribution in [3.63, 3.8) is 0 Å². The molecule has 6 nitrogen and oxygen atoms in total. The molecule has 214 valence electrons. The van der Waals surface area contributed by atoms with E-state index < -0.39 is 0 Å². The number of thiophene rings is 1. The molecule has 5 rings (SSSR count). The molecule has 1 fully saturated rings. The van der Waals surface area contributed by atoms with Crippen LogP contribution in [-0.4, -0.2) is 56.2 Å². The summed E-state index contributed by atoms with van der Waals surface area (Å²) in [6.45, 7) is 10.7. The smallest absolute Gasteiger partial charge is 0.307 e. The number of benzene rings is 2. The van der Waals surface area contributed by atoms with Crippen LogP contribution in [0.25, 0.3) is 10.1 Å². The Morgan fingerprint density at radius 2 is 1.85 bits per heavy atom. The molecule has 1 aromatic heterocycles. The maximum absolute atomic E-state index is 14.2. The van der Waals surface area contributed by atoms with E-state index in [9.17, 15) is 14.0 Å². The largest absolute Gasteiger partial charge is 0.444 e. The number of rotatable bonds is 10. The topological polar surface area (TPSA) is 53.1 Å². The molecule has 2 aliphatic rings. The first-order valence-electron chi connectivity index (χ1n) is 14.5. The second kappa shape index (κ2) is 12.3. The second-order valence-electron chi connectivity index (χ2n) is 11.7. The molecule has 8 heteroatoms. The van der Waals surface area contributed by atoms with E-state index in [0.29, 0.717) is 12.8 Å². The van der Waals surface area contributed by atoms with Gasteiger partial charge in [0, 0.05) is 66.8 Å². The molecule has 1 amide bonds. The zero-order valence-electron chi connectivity index (χ0n) is 23.9. The highest BCUT2D eigenvalue weighted by Gasteiger charge is 2.37. The summed E-state index contributed by atoms with van der Waals surface area (Å²) in [4.78, 5) is 31.7. The van der Waals surface area contributed by atoms with Crippen molar-refractivity contribution >= 4 is 44.7 Å². The number of ether oxygens (including phenoxy) is 1. The standard InChI is InChI=1S/C32H40FN3O3S/c1-4-5-6-7-31(38)39-22-36-28-18-23(8-9-26(28)32(2,3)21-30(36)37)10-12-34-13-15-35(16-14-34)27-19-24(33)20-29-25(27)11-17-40-29/h8-9,11,17-20H,4-7,10,12-16,21-22H2,1-3H3. The maximum Gasteiger partial charge on any atom is 0.307 e. The number of fused-ring (bicyclic) bond motifs is 2. The molecule has 0 N–H and O–H groups in total. The maximum atomic E-state index is 14.2. The van der Waals surface area contributed by atoms with Crippen LogP contribution < -0.4 is 9.80 Å². The number of unbranched alkanes of at least 4 members (excludes halogenated alkanes) is 2. The molecule has 2 aliphatic heterocycles. The van der Waals surface area contributed by atoms with Crippen LogP contribution in [0.4, 0.5) is 15.8 Å². The van der Waals surface area contributed by atoms with E-state index in [0.717, 1.165) is 91.0 Å². The first kappa shape index (κ1) is 28.6. The predicted octanol–water partition coefficient (Wildman–Crippen LogP) is 6.50. The third-order valence-electron chi connectivity index (χ3n) is 8.26. The van der Waals surface area contributed by atoms with Gasteiger partial charge < -0.3 is 9.64 Å². The summed E-state index contributed by atoms with van der Waals surface area (Å²) < 4.78 is 20.7. The SMILES string of the molecule is CCCCCC(=O)OCN1C(=O)CC(C)(C)c2ccc(CCN3CCN(c4cc(F)cc5sccc45)CC3)cc21. The molecule has 0 aliphatic carbocycles. The fourth-order valence-electron chi connectivity index (χ4n) is 5.88. The van der Waals surface area contributed by atoms with E-state index in [1.807, 2.05) is 5.38 Å². The van der Waals surface area contributed by atoms with Gasteiger partial charge in [-0.2, -0.15) is 0 Å². The third-order valence-corrected chi connectivity index (χ3v) is 9.12. The van der Waals surface area contributed by atoms with Gasteiger partial charge in [0.15, 0.2) is 6.73 Å². The van der Waals surface area contributed by atoms with Gasteiger partial charge in [-0.15, -0.1) is 11.3 Å². The Labute approximate surface area is 240 Å². The van der Waals surface area contributed by atoms with Crippen molar-refractivity contribution in [2.24, 2.45) is 0 Å². The molecule has 0 spiro atoms. The highest BCUT2D eigenvalue weighted by Crippen LogP contribution is 2.41. The summed E-state index contributed by atoms with van der Waals surface area (Å²) in [5.41, 5.74) is 3.85. The number of halogens is 1. The van der Waals surface area contributed by atoms with Gasteiger partial charge in [0.2, 0.25) is 5.91 Å². The zero-order chi connectivity index (χ0) is 28.3. The van der Waals surface area contributed by atoms with Crippen molar-refractivity contribution in [3.8, 4) is 0 Å². The number of hydrogen-bond donors (Lipinski definition) is 0. The molecule has 0 atom stereocenters. The molecule has 0 radical (unpaired) electrons. The average molecular weight is 566 g/mol. The van der Waals surface area contributed by atoms with Crippen LogP contribution in [0, 0.1) is 5.82 Å². The normalized spacial score (nSPS) is 17.4. The molecule has 2 aromatic carbocycles. The number of esters is 1. The van der Waals surface area contributed by atoms with Crippen molar-refractivity contribution in [2.45, 2.75) is 64.7 Å². The third kappa shape index (κ3) is 6.33. The Morgan fingerprint density at radius 3 is 2.62 bits per heavy atom. The lowest BCUT2D eigenvalue weighted by Gasteiger charge is -2.38. The quantitative estimate of drug-likeness (QED) is 0.208. The Hall–Kier alpha value is -2.97. The number of hydrogen-bond acceptors (Lipinski definition) is 6. The van der Waals surface area contributed by atoms with Gasteiger partial charge in [0.1, 0.15) is 5.82 Å². The van der Waals surface area contributed by atoms with E-state index in [1.54, 1.807) is 28.4 Å². The zero-order valence-corrected chi connectivity index (χ0v) is 24.7. The van der Waals surface area contributed by atoms with Crippen LogP contribution in [-0.2, 0) is 26.2 Å². The highest BCUT2D eigenvalue weighted by molar-refractivity contribution is 7.17. The van der Waals surface area contributed by atoms with Gasteiger partial charge in [-0.3, -0.25) is 19.4 Å². The summed E-state index contributed by atoms with van der Waals surface area (Å²) in [5.74, 6) is -0.438. The minimum Gasteiger partial charge on any atom is -0.444 e. The van der Waals surface area contributed by atoms with E-state index >= 15 is 0 Å². The van der Waals surface area contributed by atoms with Crippen molar-refractivity contribution in [3.05, 3.63) is 58.7 Å². The molecular weight excluding hydrogens is 525 g/mol. The summed E-state index contributed by atoms with van der Waals surface area (Å²) in [6.07, 6.45) is 4.49. The summed E-state index contributed by atoms with van der Waals surface area (Å²) in [7, 11) is 0. The Balaban J connectivity index is 1.21. The van der Waals surface area contributed by atoms with Crippen LogP contribution in [0.2, 0.25) is 0 Å². The van der Waals surface area contributed by atoms with Crippen LogP contribution in [0.5, 0.6) is 0 Å². The lowest BCUT2D eigenvalue weighted by Crippen LogP contribution is -2.47. The van der Waals surface area contributed by atoms with Crippen LogP contribution in [0.1, 0.15) is 64.0 Å². The number of amides is 1. The van der Waals surface area contributed by atoms with Crippen molar-refractivity contribution < 1.29 is 18.7 Å². The fourth-order valence-corrected chi connectivity index (χ4v) is 6.71. The minimum absolute atomic E-state index is 0.00999. The van der Waals surface area contributed by atoms with E-state index in [-0.39, 0.29) is 29.8 Å². The van der Waals surface area contributed by atoms with Gasteiger partial charge in [-0.05, 0) is 53.6 Å². The molecule has 1 saturated heterocycles. The van der Waals surface area contributed by atoms with Crippen LogP contribution in [0.15, 0.2) is 41.8 Å². The number of nitrogens with zero attached hydrogens (tertiary/aromatic N) is 3. The van der Waals surface area contributed by atoms with Gasteiger partial charge in [0.25, 0.3) is 0 Å². The molecule has 0 unspecified atom stereocenters. The second-order valence-corrected chi connectivity index (χ2v) is 12.6. The monoisotopic (exact) mass is 565 g/mol. The average Bonchev–Trinajstić information content (AvgIpc) is 3.40. The first-order valence-corrected chi connectivity index (χ1v) is 15.4. The number of anilines is 2. The Morgan fingerprint density at radius 1 is 1.05 bits per heavy atom. The first-order chi connectivity index (χ1) is 19.2. The lowest BCUT2D eigenvalue weighted by molar-refractivity contribution is -0.144. The fraction of sp³-hybridized carbons (Fsp3) is 0.500. The molecule has 40 heavy (non-hydrogen) atoms. The van der Waals surface area contributed by atoms with Gasteiger partial charge in [-0.25, -0.2) is 4.39 Å². The summed E-state index contributed by atoms with van der Waals surface area (Å²) in [5, 5.41) is 3.15. The van der Waals surface area contributed by atoms with E-state index in [1.165, 1.54) is 0 Å². The lowest BCUT2D eigenvalue weighted by atomic mass is 9.77.